The minimum absolute atomic E-state index is 0.0787. The Labute approximate surface area is 107 Å². The van der Waals surface area contributed by atoms with Gasteiger partial charge in [0.05, 0.1) is 24.4 Å². The van der Waals surface area contributed by atoms with Crippen molar-refractivity contribution in [2.45, 2.75) is 26.8 Å². The van der Waals surface area contributed by atoms with Gasteiger partial charge in [-0.25, -0.2) is 0 Å². The van der Waals surface area contributed by atoms with Gasteiger partial charge < -0.3 is 15.2 Å². The summed E-state index contributed by atoms with van der Waals surface area (Å²) in [6.45, 7) is 7.01. The quantitative estimate of drug-likeness (QED) is 0.806. The van der Waals surface area contributed by atoms with Crippen molar-refractivity contribution in [1.29, 1.82) is 0 Å². The monoisotopic (exact) mass is 252 g/mol. The number of carbonyl (C=O) groups is 1. The standard InChI is InChI=1S/C13H20N2O3/c1-4-18-8-11(9(2)3)15-13(17)10-5-6-14-7-12(10)16/h5-7,9,11,16H,4,8H2,1-3H3,(H,15,17). The van der Waals surface area contributed by atoms with Crippen LogP contribution in [0.4, 0.5) is 0 Å². The van der Waals surface area contributed by atoms with Crippen molar-refractivity contribution in [3.63, 3.8) is 0 Å². The van der Waals surface area contributed by atoms with Crippen molar-refractivity contribution >= 4 is 5.91 Å². The molecule has 100 valence electrons. The van der Waals surface area contributed by atoms with Crippen LogP contribution < -0.4 is 5.32 Å². The lowest BCUT2D eigenvalue weighted by Gasteiger charge is -2.22. The first-order valence-electron chi connectivity index (χ1n) is 6.07. The third-order valence-corrected chi connectivity index (χ3v) is 2.67. The fourth-order valence-electron chi connectivity index (χ4n) is 1.47. The zero-order chi connectivity index (χ0) is 13.5. The molecule has 5 heteroatoms. The number of hydrogen-bond donors (Lipinski definition) is 2. The molecule has 1 atom stereocenters. The summed E-state index contributed by atoms with van der Waals surface area (Å²) in [5.41, 5.74) is 0.229. The number of hydrogen-bond acceptors (Lipinski definition) is 4. The first-order valence-corrected chi connectivity index (χ1v) is 6.07. The molecule has 1 heterocycles. The van der Waals surface area contributed by atoms with E-state index >= 15 is 0 Å². The number of ether oxygens (including phenoxy) is 1. The summed E-state index contributed by atoms with van der Waals surface area (Å²) in [6.07, 6.45) is 2.73. The summed E-state index contributed by atoms with van der Waals surface area (Å²) in [6, 6.07) is 1.41. The first-order chi connectivity index (χ1) is 8.56. The van der Waals surface area contributed by atoms with E-state index in [1.807, 2.05) is 20.8 Å². The van der Waals surface area contributed by atoms with Gasteiger partial charge in [0, 0.05) is 12.8 Å². The molecule has 0 radical (unpaired) electrons. The van der Waals surface area contributed by atoms with Crippen molar-refractivity contribution in [3.8, 4) is 5.75 Å². The van der Waals surface area contributed by atoms with Crippen LogP contribution in [0.3, 0.4) is 0 Å². The fraction of sp³-hybridized carbons (Fsp3) is 0.538. The van der Waals surface area contributed by atoms with Crippen LogP contribution in [0.2, 0.25) is 0 Å². The normalized spacial score (nSPS) is 12.4. The molecule has 0 aliphatic heterocycles. The van der Waals surface area contributed by atoms with Crippen molar-refractivity contribution in [3.05, 3.63) is 24.0 Å². The molecule has 1 aromatic heterocycles. The van der Waals surface area contributed by atoms with E-state index in [4.69, 9.17) is 4.74 Å². The summed E-state index contributed by atoms with van der Waals surface area (Å²) in [4.78, 5) is 15.7. The van der Waals surface area contributed by atoms with Gasteiger partial charge in [-0.05, 0) is 18.9 Å². The van der Waals surface area contributed by atoms with Gasteiger partial charge in [-0.3, -0.25) is 9.78 Å². The molecule has 1 unspecified atom stereocenters. The van der Waals surface area contributed by atoms with Crippen LogP contribution in [0.5, 0.6) is 5.75 Å². The SMILES string of the molecule is CCOCC(NC(=O)c1ccncc1O)C(C)C. The van der Waals surface area contributed by atoms with E-state index in [1.54, 1.807) is 0 Å². The Morgan fingerprint density at radius 2 is 2.28 bits per heavy atom. The molecule has 0 saturated carbocycles. The van der Waals surface area contributed by atoms with Crippen LogP contribution in [0.1, 0.15) is 31.1 Å². The summed E-state index contributed by atoms with van der Waals surface area (Å²) in [5, 5.41) is 12.4. The van der Waals surface area contributed by atoms with E-state index in [-0.39, 0.29) is 29.2 Å². The Bertz CT molecular complexity index is 394. The Kier molecular flexibility index (Phi) is 5.58. The fourth-order valence-corrected chi connectivity index (χ4v) is 1.47. The molecule has 1 aromatic rings. The molecule has 2 N–H and O–H groups in total. The van der Waals surface area contributed by atoms with Crippen LogP contribution in [0.25, 0.3) is 0 Å². The third kappa shape index (κ3) is 4.00. The van der Waals surface area contributed by atoms with Gasteiger partial charge in [0.15, 0.2) is 0 Å². The van der Waals surface area contributed by atoms with Crippen molar-refractivity contribution in [1.82, 2.24) is 10.3 Å². The summed E-state index contributed by atoms with van der Waals surface area (Å²) in [7, 11) is 0. The van der Waals surface area contributed by atoms with Crippen molar-refractivity contribution in [2.24, 2.45) is 5.92 Å². The number of aromatic nitrogens is 1. The van der Waals surface area contributed by atoms with E-state index in [9.17, 15) is 9.90 Å². The second kappa shape index (κ2) is 6.96. The smallest absolute Gasteiger partial charge is 0.255 e. The molecule has 1 rings (SSSR count). The topological polar surface area (TPSA) is 71.5 Å². The first kappa shape index (κ1) is 14.4. The van der Waals surface area contributed by atoms with Crippen LogP contribution in [0, 0.1) is 5.92 Å². The number of nitrogens with zero attached hydrogens (tertiary/aromatic N) is 1. The molecule has 0 aliphatic carbocycles. The number of carbonyl (C=O) groups excluding carboxylic acids is 1. The highest BCUT2D eigenvalue weighted by atomic mass is 16.5. The maximum Gasteiger partial charge on any atom is 0.255 e. The van der Waals surface area contributed by atoms with Crippen LogP contribution in [0.15, 0.2) is 18.5 Å². The second-order valence-corrected chi connectivity index (χ2v) is 4.38. The van der Waals surface area contributed by atoms with E-state index in [2.05, 4.69) is 10.3 Å². The third-order valence-electron chi connectivity index (χ3n) is 2.67. The van der Waals surface area contributed by atoms with E-state index < -0.39 is 0 Å². The highest BCUT2D eigenvalue weighted by Crippen LogP contribution is 2.14. The molecular formula is C13H20N2O3. The second-order valence-electron chi connectivity index (χ2n) is 4.38. The van der Waals surface area contributed by atoms with Gasteiger partial charge in [-0.15, -0.1) is 0 Å². The Morgan fingerprint density at radius 3 is 2.83 bits per heavy atom. The lowest BCUT2D eigenvalue weighted by atomic mass is 10.0. The Balaban J connectivity index is 2.69. The van der Waals surface area contributed by atoms with Gasteiger partial charge in [-0.2, -0.15) is 0 Å². The highest BCUT2D eigenvalue weighted by molar-refractivity contribution is 5.96. The largest absolute Gasteiger partial charge is 0.505 e. The number of amides is 1. The molecule has 1 amide bonds. The minimum Gasteiger partial charge on any atom is -0.505 e. The molecule has 0 aromatic carbocycles. The molecule has 0 saturated heterocycles. The van der Waals surface area contributed by atoms with Gasteiger partial charge in [0.25, 0.3) is 5.91 Å². The van der Waals surface area contributed by atoms with Crippen LogP contribution >= 0.6 is 0 Å². The minimum atomic E-state index is -0.312. The maximum absolute atomic E-state index is 12.0. The summed E-state index contributed by atoms with van der Waals surface area (Å²) < 4.78 is 5.33. The van der Waals surface area contributed by atoms with E-state index in [0.717, 1.165) is 0 Å². The molecule has 5 nitrogen and oxygen atoms in total. The van der Waals surface area contributed by atoms with E-state index in [1.165, 1.54) is 18.5 Å². The summed E-state index contributed by atoms with van der Waals surface area (Å²) in [5.74, 6) is -0.174. The number of rotatable bonds is 6. The highest BCUT2D eigenvalue weighted by Gasteiger charge is 2.19. The average molecular weight is 252 g/mol. The number of pyridine rings is 1. The number of aromatic hydroxyl groups is 1. The van der Waals surface area contributed by atoms with Crippen LogP contribution in [-0.2, 0) is 4.74 Å². The van der Waals surface area contributed by atoms with Crippen molar-refractivity contribution < 1.29 is 14.6 Å². The molecule has 0 fully saturated rings. The molecule has 0 aliphatic rings. The zero-order valence-electron chi connectivity index (χ0n) is 11.0. The molecule has 0 bridgehead atoms. The van der Waals surface area contributed by atoms with Crippen molar-refractivity contribution in [2.75, 3.05) is 13.2 Å². The number of nitrogens with one attached hydrogen (secondary N) is 1. The van der Waals surface area contributed by atoms with Crippen LogP contribution in [-0.4, -0.2) is 35.3 Å². The van der Waals surface area contributed by atoms with Gasteiger partial charge in [0.2, 0.25) is 0 Å². The van der Waals surface area contributed by atoms with E-state index in [0.29, 0.717) is 13.2 Å². The van der Waals surface area contributed by atoms with Gasteiger partial charge in [0.1, 0.15) is 5.75 Å². The maximum atomic E-state index is 12.0. The molecular weight excluding hydrogens is 232 g/mol. The lowest BCUT2D eigenvalue weighted by molar-refractivity contribution is 0.0804. The Hall–Kier alpha value is -1.62. The Morgan fingerprint density at radius 1 is 1.56 bits per heavy atom. The zero-order valence-corrected chi connectivity index (χ0v) is 11.0. The van der Waals surface area contributed by atoms with Gasteiger partial charge >= 0.3 is 0 Å². The average Bonchev–Trinajstić information content (AvgIpc) is 2.34. The van der Waals surface area contributed by atoms with Gasteiger partial charge in [-0.1, -0.05) is 13.8 Å². The molecule has 0 spiro atoms. The predicted molar refractivity (Wildman–Crippen MR) is 68.5 cm³/mol. The molecule has 18 heavy (non-hydrogen) atoms. The summed E-state index contributed by atoms with van der Waals surface area (Å²) >= 11 is 0. The lowest BCUT2D eigenvalue weighted by Crippen LogP contribution is -2.41. The predicted octanol–water partition coefficient (Wildman–Crippen LogP) is 1.58.